The first-order valence-electron chi connectivity index (χ1n) is 13.1. The molecule has 210 valence electrons. The van der Waals surface area contributed by atoms with E-state index in [-0.39, 0.29) is 10.7 Å². The topological polar surface area (TPSA) is 94.6 Å². The predicted octanol–water partition coefficient (Wildman–Crippen LogP) is 6.97. The summed E-state index contributed by atoms with van der Waals surface area (Å²) in [4.78, 5) is 18.1. The second-order valence-electron chi connectivity index (χ2n) is 11.0. The van der Waals surface area contributed by atoms with E-state index >= 15 is 0 Å². The Balaban J connectivity index is 1.97. The molecule has 3 aromatic carbocycles. The lowest BCUT2D eigenvalue weighted by molar-refractivity contribution is -0.164. The van der Waals surface area contributed by atoms with E-state index in [0.717, 1.165) is 22.1 Å². The molecule has 0 radical (unpaired) electrons. The Morgan fingerprint density at radius 2 is 1.60 bits per heavy atom. The smallest absolute Gasteiger partial charge is 0.339 e. The van der Waals surface area contributed by atoms with Crippen molar-refractivity contribution in [2.75, 3.05) is 11.8 Å². The standard InChI is InChI=1S/C32H36N2O5S/c1-19-16-17-24(18-20(19)2)28-22(4)33-30(21(3)27(28)29(31(35)38-8)39-32(5,6)7)34-40(36,37)26-15-11-13-23-12-9-10-14-25(23)26/h9-18,29H,1-8H3,(H,33,34). The van der Waals surface area contributed by atoms with E-state index in [1.807, 2.05) is 71.0 Å². The van der Waals surface area contributed by atoms with Gasteiger partial charge in [0.1, 0.15) is 5.82 Å². The van der Waals surface area contributed by atoms with Crippen LogP contribution in [0, 0.1) is 27.7 Å². The average molecular weight is 561 g/mol. The van der Waals surface area contributed by atoms with Crippen LogP contribution in [0.2, 0.25) is 0 Å². The zero-order chi connectivity index (χ0) is 29.4. The van der Waals surface area contributed by atoms with E-state index in [1.54, 1.807) is 38.1 Å². The number of rotatable bonds is 7. The first-order chi connectivity index (χ1) is 18.7. The van der Waals surface area contributed by atoms with Gasteiger partial charge in [-0.2, -0.15) is 0 Å². The number of hydrogen-bond donors (Lipinski definition) is 1. The van der Waals surface area contributed by atoms with Crippen molar-refractivity contribution in [3.8, 4) is 11.1 Å². The third-order valence-electron chi connectivity index (χ3n) is 6.88. The summed E-state index contributed by atoms with van der Waals surface area (Å²) >= 11 is 0. The van der Waals surface area contributed by atoms with Gasteiger partial charge >= 0.3 is 5.97 Å². The number of aryl methyl sites for hydroxylation is 3. The molecular formula is C32H36N2O5S. The van der Waals surface area contributed by atoms with Gasteiger partial charge in [0.25, 0.3) is 10.0 Å². The number of sulfonamides is 1. The molecule has 4 aromatic rings. The van der Waals surface area contributed by atoms with E-state index in [1.165, 1.54) is 7.11 Å². The minimum Gasteiger partial charge on any atom is -0.467 e. The zero-order valence-corrected chi connectivity index (χ0v) is 25.1. The normalized spacial score (nSPS) is 12.8. The van der Waals surface area contributed by atoms with E-state index < -0.39 is 27.7 Å². The molecule has 0 amide bonds. The van der Waals surface area contributed by atoms with Gasteiger partial charge in [0, 0.05) is 22.2 Å². The Kier molecular flexibility index (Phi) is 8.06. The van der Waals surface area contributed by atoms with Crippen molar-refractivity contribution < 1.29 is 22.7 Å². The third kappa shape index (κ3) is 5.88. The van der Waals surface area contributed by atoms with Gasteiger partial charge in [0.05, 0.1) is 17.6 Å². The molecule has 0 saturated heterocycles. The van der Waals surface area contributed by atoms with Crippen molar-refractivity contribution >= 4 is 32.6 Å². The number of ether oxygens (including phenoxy) is 2. The summed E-state index contributed by atoms with van der Waals surface area (Å²) in [6, 6.07) is 18.5. The number of hydrogen-bond acceptors (Lipinski definition) is 6. The van der Waals surface area contributed by atoms with Crippen molar-refractivity contribution in [3.05, 3.63) is 88.6 Å². The molecule has 1 atom stereocenters. The van der Waals surface area contributed by atoms with Gasteiger partial charge < -0.3 is 9.47 Å². The Hall–Kier alpha value is -3.75. The van der Waals surface area contributed by atoms with Crippen molar-refractivity contribution in [3.63, 3.8) is 0 Å². The molecule has 0 saturated carbocycles. The summed E-state index contributed by atoms with van der Waals surface area (Å²) < 4.78 is 41.6. The predicted molar refractivity (Wildman–Crippen MR) is 159 cm³/mol. The van der Waals surface area contributed by atoms with Crippen molar-refractivity contribution in [1.29, 1.82) is 0 Å². The van der Waals surface area contributed by atoms with Crippen molar-refractivity contribution in [2.45, 2.75) is 65.1 Å². The molecular weight excluding hydrogens is 524 g/mol. The average Bonchev–Trinajstić information content (AvgIpc) is 2.89. The van der Waals surface area contributed by atoms with E-state index in [0.29, 0.717) is 27.8 Å². The fourth-order valence-electron chi connectivity index (χ4n) is 4.80. The van der Waals surface area contributed by atoms with E-state index in [2.05, 4.69) is 4.72 Å². The maximum atomic E-state index is 13.7. The molecule has 0 fully saturated rings. The molecule has 8 heteroatoms. The summed E-state index contributed by atoms with van der Waals surface area (Å²) in [7, 11) is -2.73. The Morgan fingerprint density at radius 1 is 0.925 bits per heavy atom. The number of methoxy groups -OCH3 is 1. The molecule has 7 nitrogen and oxygen atoms in total. The fourth-order valence-corrected chi connectivity index (χ4v) is 6.10. The van der Waals surface area contributed by atoms with Crippen LogP contribution in [0.4, 0.5) is 5.82 Å². The van der Waals surface area contributed by atoms with Gasteiger partial charge in [0.2, 0.25) is 0 Å². The highest BCUT2D eigenvalue weighted by atomic mass is 32.2. The van der Waals surface area contributed by atoms with Gasteiger partial charge in [0.15, 0.2) is 6.10 Å². The number of nitrogens with zero attached hydrogens (tertiary/aromatic N) is 1. The first kappa shape index (κ1) is 29.2. The van der Waals surface area contributed by atoms with Crippen LogP contribution >= 0.6 is 0 Å². The summed E-state index contributed by atoms with van der Waals surface area (Å²) in [6.45, 7) is 13.2. The number of nitrogens with one attached hydrogen (secondary N) is 1. The van der Waals surface area contributed by atoms with Crippen molar-refractivity contribution in [2.24, 2.45) is 0 Å². The number of esters is 1. The first-order valence-corrected chi connectivity index (χ1v) is 14.6. The molecule has 0 spiro atoms. The van der Waals surface area contributed by atoms with Crippen LogP contribution in [0.15, 0.2) is 65.6 Å². The minimum absolute atomic E-state index is 0.124. The lowest BCUT2D eigenvalue weighted by Crippen LogP contribution is -2.30. The molecule has 0 aliphatic heterocycles. The molecule has 1 unspecified atom stereocenters. The summed E-state index contributed by atoms with van der Waals surface area (Å²) in [5.41, 5.74) is 4.58. The molecule has 1 heterocycles. The van der Waals surface area contributed by atoms with Crippen LogP contribution in [0.5, 0.6) is 0 Å². The minimum atomic E-state index is -4.04. The number of anilines is 1. The molecule has 1 aromatic heterocycles. The second kappa shape index (κ2) is 11.0. The maximum Gasteiger partial charge on any atom is 0.339 e. The van der Waals surface area contributed by atoms with Crippen LogP contribution in [-0.2, 0) is 24.3 Å². The summed E-state index contributed by atoms with van der Waals surface area (Å²) in [5, 5.41) is 1.41. The van der Waals surface area contributed by atoms with Crippen LogP contribution in [0.25, 0.3) is 21.9 Å². The third-order valence-corrected chi connectivity index (χ3v) is 8.28. The number of pyridine rings is 1. The highest BCUT2D eigenvalue weighted by molar-refractivity contribution is 7.93. The molecule has 4 rings (SSSR count). The van der Waals surface area contributed by atoms with Crippen LogP contribution < -0.4 is 4.72 Å². The van der Waals surface area contributed by atoms with Gasteiger partial charge in [-0.3, -0.25) is 4.72 Å². The molecule has 0 bridgehead atoms. The van der Waals surface area contributed by atoms with Crippen molar-refractivity contribution in [1.82, 2.24) is 4.98 Å². The van der Waals surface area contributed by atoms with Crippen LogP contribution in [0.3, 0.4) is 0 Å². The quantitative estimate of drug-likeness (QED) is 0.245. The second-order valence-corrected chi connectivity index (χ2v) is 12.6. The summed E-state index contributed by atoms with van der Waals surface area (Å²) in [5.74, 6) is -0.462. The Bertz CT molecular complexity index is 1700. The molecule has 0 aliphatic carbocycles. The maximum absolute atomic E-state index is 13.7. The van der Waals surface area contributed by atoms with E-state index in [9.17, 15) is 13.2 Å². The van der Waals surface area contributed by atoms with Gasteiger partial charge in [-0.25, -0.2) is 18.2 Å². The zero-order valence-electron chi connectivity index (χ0n) is 24.2. The van der Waals surface area contributed by atoms with E-state index in [4.69, 9.17) is 14.5 Å². The Labute approximate surface area is 236 Å². The van der Waals surface area contributed by atoms with Gasteiger partial charge in [-0.1, -0.05) is 54.6 Å². The highest BCUT2D eigenvalue weighted by Crippen LogP contribution is 2.40. The molecule has 40 heavy (non-hydrogen) atoms. The number of aromatic nitrogens is 1. The number of carbonyl (C=O) groups is 1. The monoisotopic (exact) mass is 560 g/mol. The summed E-state index contributed by atoms with van der Waals surface area (Å²) in [6.07, 6.45) is -1.12. The van der Waals surface area contributed by atoms with Gasteiger partial charge in [-0.15, -0.1) is 0 Å². The lowest BCUT2D eigenvalue weighted by atomic mass is 9.89. The Morgan fingerprint density at radius 3 is 2.25 bits per heavy atom. The largest absolute Gasteiger partial charge is 0.467 e. The van der Waals surface area contributed by atoms with Crippen LogP contribution in [-0.4, -0.2) is 32.1 Å². The molecule has 0 aliphatic rings. The fraction of sp³-hybridized carbons (Fsp3) is 0.312. The number of fused-ring (bicyclic) bond motifs is 1. The highest BCUT2D eigenvalue weighted by Gasteiger charge is 2.34. The lowest BCUT2D eigenvalue weighted by Gasteiger charge is -2.30. The molecule has 1 N–H and O–H groups in total. The number of benzene rings is 3. The van der Waals surface area contributed by atoms with Crippen LogP contribution in [0.1, 0.15) is 54.8 Å². The van der Waals surface area contributed by atoms with Gasteiger partial charge in [-0.05, 0) is 82.2 Å². The SMILES string of the molecule is COC(=O)C(OC(C)(C)C)c1c(C)c(NS(=O)(=O)c2cccc3ccccc23)nc(C)c1-c1ccc(C)c(C)c1. The number of carbonyl (C=O) groups excluding carboxylic acids is 1.